The lowest BCUT2D eigenvalue weighted by Gasteiger charge is -2.27. The topological polar surface area (TPSA) is 91.4 Å². The highest BCUT2D eigenvalue weighted by Gasteiger charge is 2.51. The Labute approximate surface area is 174 Å². The fourth-order valence-corrected chi connectivity index (χ4v) is 4.77. The molecule has 0 spiro atoms. The molecule has 0 aliphatic carbocycles. The highest BCUT2D eigenvalue weighted by molar-refractivity contribution is 7.89. The first-order chi connectivity index (χ1) is 14.0. The summed E-state index contributed by atoms with van der Waals surface area (Å²) in [6.45, 7) is 4.98. The highest BCUT2D eigenvalue weighted by Crippen LogP contribution is 2.35. The van der Waals surface area contributed by atoms with Gasteiger partial charge in [-0.2, -0.15) is 8.70 Å². The lowest BCUT2D eigenvalue weighted by Crippen LogP contribution is -2.48. The van der Waals surface area contributed by atoms with Crippen LogP contribution in [0, 0.1) is 24.0 Å². The molecular formula is C18H14ClF3N2O5S. The molecule has 3 rings (SSSR count). The Morgan fingerprint density at radius 3 is 2.60 bits per heavy atom. The summed E-state index contributed by atoms with van der Waals surface area (Å²) in [4.78, 5) is 2.74. The number of halogens is 4. The molecule has 0 bridgehead atoms. The largest absolute Gasteiger partial charge is 0.483 e. The second kappa shape index (κ2) is 8.05. The van der Waals surface area contributed by atoms with Crippen LogP contribution in [-0.4, -0.2) is 54.3 Å². The van der Waals surface area contributed by atoms with E-state index in [0.29, 0.717) is 6.07 Å². The standard InChI is InChI=1S/C18H14ClF3N2O5S/c1-23-12-6-10(19)2-5-14(12)30(27,28)24-7-15(18(26,8-24)9-25)29-13-4-3-11(20)16(21)17(13)22/h2-6,15,25-26H,7-9H2/t15-,18+/m0/s1. The Balaban J connectivity index is 1.95. The van der Waals surface area contributed by atoms with Gasteiger partial charge in [0.05, 0.1) is 24.6 Å². The van der Waals surface area contributed by atoms with Crippen molar-refractivity contribution in [3.05, 3.63) is 64.2 Å². The van der Waals surface area contributed by atoms with E-state index in [2.05, 4.69) is 4.85 Å². The van der Waals surface area contributed by atoms with E-state index < -0.39 is 64.6 Å². The summed E-state index contributed by atoms with van der Waals surface area (Å²) in [5, 5.41) is 20.4. The molecule has 0 saturated carbocycles. The molecule has 0 radical (unpaired) electrons. The fourth-order valence-electron chi connectivity index (χ4n) is 3.00. The van der Waals surface area contributed by atoms with Crippen LogP contribution in [0.15, 0.2) is 35.2 Å². The summed E-state index contributed by atoms with van der Waals surface area (Å²) in [6, 6.07) is 4.92. The van der Waals surface area contributed by atoms with Crippen LogP contribution in [0.2, 0.25) is 5.02 Å². The molecule has 1 aliphatic rings. The average molecular weight is 463 g/mol. The predicted octanol–water partition coefficient (Wildman–Crippen LogP) is 2.48. The molecular weight excluding hydrogens is 449 g/mol. The van der Waals surface area contributed by atoms with E-state index in [-0.39, 0.29) is 15.6 Å². The van der Waals surface area contributed by atoms with Gasteiger partial charge in [0.2, 0.25) is 21.5 Å². The molecule has 2 aromatic rings. The molecule has 2 aromatic carbocycles. The molecule has 1 fully saturated rings. The molecule has 1 heterocycles. The molecule has 160 valence electrons. The monoisotopic (exact) mass is 462 g/mol. The first-order valence-electron chi connectivity index (χ1n) is 8.34. The Hall–Kier alpha value is -2.36. The van der Waals surface area contributed by atoms with Gasteiger partial charge < -0.3 is 14.9 Å². The summed E-state index contributed by atoms with van der Waals surface area (Å²) in [5.41, 5.74) is -2.43. The number of ether oxygens (including phenoxy) is 1. The Morgan fingerprint density at radius 2 is 1.97 bits per heavy atom. The summed E-state index contributed by atoms with van der Waals surface area (Å²) >= 11 is 5.79. The van der Waals surface area contributed by atoms with Crippen molar-refractivity contribution in [3.63, 3.8) is 0 Å². The van der Waals surface area contributed by atoms with E-state index in [4.69, 9.17) is 22.9 Å². The quantitative estimate of drug-likeness (QED) is 0.526. The van der Waals surface area contributed by atoms with Crippen LogP contribution in [0.4, 0.5) is 18.9 Å². The van der Waals surface area contributed by atoms with Gasteiger partial charge in [-0.15, -0.1) is 0 Å². The molecule has 30 heavy (non-hydrogen) atoms. The third-order valence-electron chi connectivity index (χ3n) is 4.62. The van der Waals surface area contributed by atoms with E-state index in [1.165, 1.54) is 6.07 Å². The van der Waals surface area contributed by atoms with E-state index in [1.807, 2.05) is 0 Å². The van der Waals surface area contributed by atoms with Crippen LogP contribution in [0.25, 0.3) is 4.85 Å². The van der Waals surface area contributed by atoms with Crippen LogP contribution in [-0.2, 0) is 10.0 Å². The molecule has 0 aromatic heterocycles. The van der Waals surface area contributed by atoms with Crippen molar-refractivity contribution in [1.29, 1.82) is 0 Å². The van der Waals surface area contributed by atoms with Gasteiger partial charge in [0.25, 0.3) is 0 Å². The van der Waals surface area contributed by atoms with Gasteiger partial charge in [-0.25, -0.2) is 22.0 Å². The SMILES string of the molecule is [C-]#[N+]c1cc(Cl)ccc1S(=O)(=O)N1C[C@H](Oc2ccc(F)c(F)c2F)[C@](O)(CO)C1. The van der Waals surface area contributed by atoms with Gasteiger partial charge in [-0.1, -0.05) is 17.7 Å². The minimum absolute atomic E-state index is 0.142. The van der Waals surface area contributed by atoms with Gasteiger partial charge in [0.1, 0.15) is 11.7 Å². The number of β-amino-alcohol motifs (C(OH)–C–C–N with tert-alkyl or cyclic N) is 1. The smallest absolute Gasteiger partial charge is 0.233 e. The van der Waals surface area contributed by atoms with Crippen molar-refractivity contribution in [2.75, 3.05) is 19.7 Å². The number of nitrogens with zero attached hydrogens (tertiary/aromatic N) is 2. The Kier molecular flexibility index (Phi) is 5.99. The number of aliphatic hydroxyl groups is 2. The van der Waals surface area contributed by atoms with Crippen molar-refractivity contribution >= 4 is 27.3 Å². The normalized spacial score (nSPS) is 22.1. The van der Waals surface area contributed by atoms with Crippen molar-refractivity contribution in [2.24, 2.45) is 0 Å². The van der Waals surface area contributed by atoms with Crippen LogP contribution in [0.1, 0.15) is 0 Å². The fraction of sp³-hybridized carbons (Fsp3) is 0.278. The summed E-state index contributed by atoms with van der Waals surface area (Å²) in [6.07, 6.45) is -1.51. The minimum atomic E-state index is -4.35. The average Bonchev–Trinajstić information content (AvgIpc) is 3.05. The van der Waals surface area contributed by atoms with Crippen LogP contribution in [0.5, 0.6) is 5.75 Å². The minimum Gasteiger partial charge on any atom is -0.483 e. The van der Waals surface area contributed by atoms with Crippen molar-refractivity contribution in [1.82, 2.24) is 4.31 Å². The van der Waals surface area contributed by atoms with Gasteiger partial charge in [-0.05, 0) is 24.3 Å². The van der Waals surface area contributed by atoms with Crippen LogP contribution >= 0.6 is 11.6 Å². The molecule has 1 aliphatic heterocycles. The number of benzene rings is 2. The highest BCUT2D eigenvalue weighted by atomic mass is 35.5. The molecule has 2 atom stereocenters. The van der Waals surface area contributed by atoms with Crippen molar-refractivity contribution in [2.45, 2.75) is 16.6 Å². The Morgan fingerprint density at radius 1 is 1.27 bits per heavy atom. The zero-order valence-electron chi connectivity index (χ0n) is 15.0. The lowest BCUT2D eigenvalue weighted by atomic mass is 10.0. The zero-order chi connectivity index (χ0) is 22.3. The number of hydrogen-bond acceptors (Lipinski definition) is 5. The van der Waals surface area contributed by atoms with Gasteiger partial charge in [0, 0.05) is 11.6 Å². The molecule has 0 amide bonds. The maximum Gasteiger partial charge on any atom is 0.233 e. The predicted molar refractivity (Wildman–Crippen MR) is 99.2 cm³/mol. The van der Waals surface area contributed by atoms with E-state index in [9.17, 15) is 31.8 Å². The van der Waals surface area contributed by atoms with Gasteiger partial charge >= 0.3 is 0 Å². The van der Waals surface area contributed by atoms with E-state index in [0.717, 1.165) is 22.5 Å². The maximum atomic E-state index is 13.9. The van der Waals surface area contributed by atoms with Crippen LogP contribution in [0.3, 0.4) is 0 Å². The third-order valence-corrected chi connectivity index (χ3v) is 6.72. The summed E-state index contributed by atoms with van der Waals surface area (Å²) in [5.74, 6) is -5.68. The second-order valence-electron chi connectivity index (χ2n) is 6.56. The maximum absolute atomic E-state index is 13.9. The summed E-state index contributed by atoms with van der Waals surface area (Å²) < 4.78 is 72.5. The van der Waals surface area contributed by atoms with E-state index >= 15 is 0 Å². The number of hydrogen-bond donors (Lipinski definition) is 2. The third kappa shape index (κ3) is 3.84. The van der Waals surface area contributed by atoms with Crippen LogP contribution < -0.4 is 4.74 Å². The number of rotatable bonds is 5. The molecule has 0 unspecified atom stereocenters. The van der Waals surface area contributed by atoms with Gasteiger partial charge in [0.15, 0.2) is 17.4 Å². The molecule has 12 heteroatoms. The number of sulfonamides is 1. The first kappa shape index (κ1) is 22.3. The van der Waals surface area contributed by atoms with Crippen molar-refractivity contribution < 1.29 is 36.5 Å². The zero-order valence-corrected chi connectivity index (χ0v) is 16.6. The molecule has 1 saturated heterocycles. The second-order valence-corrected chi connectivity index (χ2v) is 8.91. The Bertz CT molecular complexity index is 1140. The molecule has 2 N–H and O–H groups in total. The van der Waals surface area contributed by atoms with E-state index in [1.54, 1.807) is 0 Å². The summed E-state index contributed by atoms with van der Waals surface area (Å²) in [7, 11) is -4.35. The van der Waals surface area contributed by atoms with Gasteiger partial charge in [-0.3, -0.25) is 0 Å². The number of aliphatic hydroxyl groups excluding tert-OH is 1. The molecule has 7 nitrogen and oxygen atoms in total. The van der Waals surface area contributed by atoms with Crippen molar-refractivity contribution in [3.8, 4) is 5.75 Å². The first-order valence-corrected chi connectivity index (χ1v) is 10.2. The lowest BCUT2D eigenvalue weighted by molar-refractivity contribution is -0.0651.